The lowest BCUT2D eigenvalue weighted by Gasteiger charge is -2.09. The van der Waals surface area contributed by atoms with Crippen molar-refractivity contribution in [3.05, 3.63) is 0 Å². The number of hydrogen-bond donors (Lipinski definition) is 2. The zero-order chi connectivity index (χ0) is 12.2. The third-order valence-corrected chi connectivity index (χ3v) is 4.36. The largest absolute Gasteiger partial charge is 0.355 e. The number of carbonyl (C=O) groups is 1. The SMILES string of the molecule is CC(CN)CS(=O)(=O)CC(=O)NCC1CC1. The summed E-state index contributed by atoms with van der Waals surface area (Å²) in [5.41, 5.74) is 5.35. The van der Waals surface area contributed by atoms with Crippen LogP contribution in [0.4, 0.5) is 0 Å². The van der Waals surface area contributed by atoms with Crippen molar-refractivity contribution in [3.8, 4) is 0 Å². The molecule has 1 rings (SSSR count). The summed E-state index contributed by atoms with van der Waals surface area (Å²) in [6.45, 7) is 2.70. The molecule has 1 amide bonds. The monoisotopic (exact) mass is 248 g/mol. The van der Waals surface area contributed by atoms with Gasteiger partial charge >= 0.3 is 0 Å². The fraction of sp³-hybridized carbons (Fsp3) is 0.900. The minimum absolute atomic E-state index is 0.0135. The molecule has 6 heteroatoms. The summed E-state index contributed by atoms with van der Waals surface area (Å²) >= 11 is 0. The fourth-order valence-corrected chi connectivity index (χ4v) is 3.01. The van der Waals surface area contributed by atoms with E-state index in [0.29, 0.717) is 19.0 Å². The summed E-state index contributed by atoms with van der Waals surface area (Å²) in [5.74, 6) is -0.350. The van der Waals surface area contributed by atoms with E-state index in [9.17, 15) is 13.2 Å². The molecule has 5 nitrogen and oxygen atoms in total. The van der Waals surface area contributed by atoms with Crippen molar-refractivity contribution >= 4 is 15.7 Å². The van der Waals surface area contributed by atoms with Gasteiger partial charge in [0.15, 0.2) is 9.84 Å². The van der Waals surface area contributed by atoms with Crippen LogP contribution in [0.5, 0.6) is 0 Å². The Morgan fingerprint density at radius 1 is 1.50 bits per heavy atom. The fourth-order valence-electron chi connectivity index (χ4n) is 1.39. The van der Waals surface area contributed by atoms with Crippen LogP contribution >= 0.6 is 0 Å². The number of sulfone groups is 1. The van der Waals surface area contributed by atoms with Crippen molar-refractivity contribution in [2.45, 2.75) is 19.8 Å². The van der Waals surface area contributed by atoms with E-state index >= 15 is 0 Å². The molecule has 0 heterocycles. The Bertz CT molecular complexity index is 336. The van der Waals surface area contributed by atoms with E-state index in [2.05, 4.69) is 5.32 Å². The van der Waals surface area contributed by atoms with Gasteiger partial charge < -0.3 is 11.1 Å². The molecule has 0 aliphatic heterocycles. The third kappa shape index (κ3) is 5.46. The number of hydrogen-bond acceptors (Lipinski definition) is 4. The van der Waals surface area contributed by atoms with E-state index in [1.165, 1.54) is 0 Å². The zero-order valence-electron chi connectivity index (χ0n) is 9.61. The van der Waals surface area contributed by atoms with Gasteiger partial charge in [-0.1, -0.05) is 6.92 Å². The van der Waals surface area contributed by atoms with Crippen LogP contribution in [0.2, 0.25) is 0 Å². The van der Waals surface area contributed by atoms with Gasteiger partial charge in [0.25, 0.3) is 0 Å². The molecule has 0 radical (unpaired) electrons. The topological polar surface area (TPSA) is 89.3 Å². The highest BCUT2D eigenvalue weighted by Crippen LogP contribution is 2.27. The molecule has 1 fully saturated rings. The van der Waals surface area contributed by atoms with Crippen LogP contribution in [0.3, 0.4) is 0 Å². The predicted molar refractivity (Wildman–Crippen MR) is 62.6 cm³/mol. The molecule has 3 N–H and O–H groups in total. The van der Waals surface area contributed by atoms with Crippen LogP contribution in [0.15, 0.2) is 0 Å². The van der Waals surface area contributed by atoms with Crippen LogP contribution < -0.4 is 11.1 Å². The van der Waals surface area contributed by atoms with Gasteiger partial charge in [0, 0.05) is 6.54 Å². The number of nitrogens with two attached hydrogens (primary N) is 1. The summed E-state index contributed by atoms with van der Waals surface area (Å²) in [6, 6.07) is 0. The Morgan fingerprint density at radius 3 is 2.62 bits per heavy atom. The first-order valence-electron chi connectivity index (χ1n) is 5.60. The highest BCUT2D eigenvalue weighted by Gasteiger charge is 2.23. The second kappa shape index (κ2) is 5.63. The van der Waals surface area contributed by atoms with Crippen molar-refractivity contribution in [2.24, 2.45) is 17.6 Å². The van der Waals surface area contributed by atoms with Crippen molar-refractivity contribution < 1.29 is 13.2 Å². The van der Waals surface area contributed by atoms with Gasteiger partial charge in [-0.05, 0) is 31.2 Å². The summed E-state index contributed by atoms with van der Waals surface area (Å²) in [4.78, 5) is 11.3. The number of rotatable bonds is 7. The molecule has 1 unspecified atom stereocenters. The first kappa shape index (κ1) is 13.4. The number of nitrogens with one attached hydrogen (secondary N) is 1. The molecule has 0 aromatic carbocycles. The Labute approximate surface area is 96.7 Å². The van der Waals surface area contributed by atoms with Gasteiger partial charge in [0.05, 0.1) is 5.75 Å². The normalized spacial score (nSPS) is 18.1. The van der Waals surface area contributed by atoms with E-state index < -0.39 is 21.5 Å². The molecule has 0 spiro atoms. The van der Waals surface area contributed by atoms with Crippen molar-refractivity contribution in [2.75, 3.05) is 24.6 Å². The van der Waals surface area contributed by atoms with E-state index in [-0.39, 0.29) is 11.7 Å². The standard InChI is InChI=1S/C10H20N2O3S/c1-8(4-11)6-16(14,15)7-10(13)12-5-9-2-3-9/h8-9H,2-7,11H2,1H3,(H,12,13). The molecule has 0 aromatic heterocycles. The molecule has 1 saturated carbocycles. The predicted octanol–water partition coefficient (Wildman–Crippen LogP) is -0.478. The average molecular weight is 248 g/mol. The molecule has 1 atom stereocenters. The summed E-state index contributed by atoms with van der Waals surface area (Å²) < 4.78 is 23.1. The maximum absolute atomic E-state index is 11.6. The molecular weight excluding hydrogens is 228 g/mol. The Morgan fingerprint density at radius 2 is 2.12 bits per heavy atom. The van der Waals surface area contributed by atoms with Crippen LogP contribution in [-0.2, 0) is 14.6 Å². The zero-order valence-corrected chi connectivity index (χ0v) is 10.4. The number of amides is 1. The molecule has 0 saturated heterocycles. The maximum atomic E-state index is 11.6. The average Bonchev–Trinajstić information content (AvgIpc) is 2.96. The van der Waals surface area contributed by atoms with Crippen LogP contribution in [0, 0.1) is 11.8 Å². The smallest absolute Gasteiger partial charge is 0.235 e. The first-order valence-corrected chi connectivity index (χ1v) is 7.42. The second-order valence-corrected chi connectivity index (χ2v) is 6.75. The third-order valence-electron chi connectivity index (χ3n) is 2.58. The molecule has 1 aliphatic rings. The van der Waals surface area contributed by atoms with Gasteiger partial charge in [-0.2, -0.15) is 0 Å². The molecule has 1 aliphatic carbocycles. The molecule has 94 valence electrons. The van der Waals surface area contributed by atoms with Crippen molar-refractivity contribution in [1.82, 2.24) is 5.32 Å². The van der Waals surface area contributed by atoms with Crippen molar-refractivity contribution in [3.63, 3.8) is 0 Å². The van der Waals surface area contributed by atoms with Gasteiger partial charge in [-0.15, -0.1) is 0 Å². The second-order valence-electron chi connectivity index (χ2n) is 4.64. The molecule has 16 heavy (non-hydrogen) atoms. The Kier molecular flexibility index (Phi) is 4.73. The van der Waals surface area contributed by atoms with E-state index in [4.69, 9.17) is 5.73 Å². The lowest BCUT2D eigenvalue weighted by molar-refractivity contribution is -0.118. The van der Waals surface area contributed by atoms with Gasteiger partial charge in [-0.3, -0.25) is 4.79 Å². The molecular formula is C10H20N2O3S. The molecule has 0 bridgehead atoms. The van der Waals surface area contributed by atoms with E-state index in [1.807, 2.05) is 0 Å². The lowest BCUT2D eigenvalue weighted by atomic mass is 10.2. The van der Waals surface area contributed by atoms with Gasteiger partial charge in [-0.25, -0.2) is 8.42 Å². The summed E-state index contributed by atoms with van der Waals surface area (Å²) in [7, 11) is -3.31. The summed E-state index contributed by atoms with van der Waals surface area (Å²) in [6.07, 6.45) is 2.27. The maximum Gasteiger partial charge on any atom is 0.235 e. The quantitative estimate of drug-likeness (QED) is 0.637. The number of carbonyl (C=O) groups excluding carboxylic acids is 1. The summed E-state index contributed by atoms with van der Waals surface area (Å²) in [5, 5.41) is 2.64. The molecule has 0 aromatic rings. The van der Waals surface area contributed by atoms with Crippen LogP contribution in [0.25, 0.3) is 0 Å². The highest BCUT2D eigenvalue weighted by atomic mass is 32.2. The van der Waals surface area contributed by atoms with Gasteiger partial charge in [0.1, 0.15) is 5.75 Å². The van der Waals surface area contributed by atoms with Gasteiger partial charge in [0.2, 0.25) is 5.91 Å². The lowest BCUT2D eigenvalue weighted by Crippen LogP contribution is -2.34. The Hall–Kier alpha value is -0.620. The van der Waals surface area contributed by atoms with E-state index in [1.54, 1.807) is 6.92 Å². The Balaban J connectivity index is 2.29. The highest BCUT2D eigenvalue weighted by molar-refractivity contribution is 7.92. The van der Waals surface area contributed by atoms with Crippen molar-refractivity contribution in [1.29, 1.82) is 0 Å². The minimum atomic E-state index is -3.31. The first-order chi connectivity index (χ1) is 7.43. The minimum Gasteiger partial charge on any atom is -0.355 e. The van der Waals surface area contributed by atoms with Crippen LogP contribution in [-0.4, -0.2) is 38.9 Å². The van der Waals surface area contributed by atoms with Crippen LogP contribution in [0.1, 0.15) is 19.8 Å². The van der Waals surface area contributed by atoms with E-state index in [0.717, 1.165) is 12.8 Å².